The molecule has 0 radical (unpaired) electrons. The zero-order chi connectivity index (χ0) is 13.8. The first-order chi connectivity index (χ1) is 9.06. The number of halogens is 2. The third-order valence-electron chi connectivity index (χ3n) is 2.17. The molecule has 0 spiro atoms. The van der Waals surface area contributed by atoms with Crippen molar-refractivity contribution in [1.29, 1.82) is 0 Å². The largest absolute Gasteiger partial charge is 0.480 e. The number of nitro benzene ring substituents is 1. The minimum absolute atomic E-state index is 0.0331. The fraction of sp³-hybridized carbons (Fsp3) is 0.0909. The standard InChI is InChI=1S/C11H7Cl2N3O3/c12-7-1-2-9(16(17)18)10(3-7)19-6-8-4-15-11(13)5-14-8/h1-5H,6H2. The van der Waals surface area contributed by atoms with Crippen molar-refractivity contribution in [2.75, 3.05) is 0 Å². The highest BCUT2D eigenvalue weighted by atomic mass is 35.5. The monoisotopic (exact) mass is 299 g/mol. The first kappa shape index (κ1) is 13.5. The van der Waals surface area contributed by atoms with Crippen molar-refractivity contribution < 1.29 is 9.66 Å². The Morgan fingerprint density at radius 2 is 2.05 bits per heavy atom. The van der Waals surface area contributed by atoms with Crippen LogP contribution in [0.15, 0.2) is 30.6 Å². The average molecular weight is 300 g/mol. The predicted octanol–water partition coefficient (Wildman–Crippen LogP) is 3.27. The Kier molecular flexibility index (Phi) is 4.13. The Bertz CT molecular complexity index is 605. The van der Waals surface area contributed by atoms with E-state index in [0.29, 0.717) is 10.7 Å². The highest BCUT2D eigenvalue weighted by Gasteiger charge is 2.15. The minimum Gasteiger partial charge on any atom is -0.480 e. The van der Waals surface area contributed by atoms with Gasteiger partial charge in [-0.3, -0.25) is 15.1 Å². The van der Waals surface area contributed by atoms with Crippen LogP contribution in [0.3, 0.4) is 0 Å². The quantitative estimate of drug-likeness (QED) is 0.639. The lowest BCUT2D eigenvalue weighted by Gasteiger charge is -2.06. The molecule has 1 aromatic carbocycles. The first-order valence-electron chi connectivity index (χ1n) is 5.09. The van der Waals surface area contributed by atoms with Crippen molar-refractivity contribution in [3.8, 4) is 5.75 Å². The lowest BCUT2D eigenvalue weighted by Crippen LogP contribution is -2.01. The summed E-state index contributed by atoms with van der Waals surface area (Å²) >= 11 is 11.4. The summed E-state index contributed by atoms with van der Waals surface area (Å²) in [5.74, 6) is 0.0780. The zero-order valence-electron chi connectivity index (χ0n) is 9.42. The molecule has 19 heavy (non-hydrogen) atoms. The van der Waals surface area contributed by atoms with Gasteiger partial charge in [-0.15, -0.1) is 0 Å². The molecule has 0 amide bonds. The average Bonchev–Trinajstić information content (AvgIpc) is 2.38. The number of hydrogen-bond acceptors (Lipinski definition) is 5. The zero-order valence-corrected chi connectivity index (χ0v) is 10.9. The van der Waals surface area contributed by atoms with Crippen LogP contribution < -0.4 is 4.74 Å². The van der Waals surface area contributed by atoms with Crippen LogP contribution in [-0.4, -0.2) is 14.9 Å². The van der Waals surface area contributed by atoms with Gasteiger partial charge >= 0.3 is 5.69 Å². The summed E-state index contributed by atoms with van der Waals surface area (Å²) < 4.78 is 5.33. The summed E-state index contributed by atoms with van der Waals surface area (Å²) in [7, 11) is 0. The lowest BCUT2D eigenvalue weighted by molar-refractivity contribution is -0.385. The van der Waals surface area contributed by atoms with Crippen molar-refractivity contribution in [2.45, 2.75) is 6.61 Å². The molecule has 0 fully saturated rings. The van der Waals surface area contributed by atoms with Gasteiger partial charge in [0.2, 0.25) is 0 Å². The minimum atomic E-state index is -0.542. The van der Waals surface area contributed by atoms with Gasteiger partial charge in [-0.2, -0.15) is 0 Å². The third-order valence-corrected chi connectivity index (χ3v) is 2.60. The predicted molar refractivity (Wildman–Crippen MR) is 69.5 cm³/mol. The number of ether oxygens (including phenoxy) is 1. The fourth-order valence-corrected chi connectivity index (χ4v) is 1.58. The van der Waals surface area contributed by atoms with Crippen molar-refractivity contribution in [3.05, 3.63) is 56.6 Å². The van der Waals surface area contributed by atoms with Crippen LogP contribution in [-0.2, 0) is 6.61 Å². The van der Waals surface area contributed by atoms with Crippen molar-refractivity contribution in [3.63, 3.8) is 0 Å². The van der Waals surface area contributed by atoms with Gasteiger partial charge < -0.3 is 4.74 Å². The van der Waals surface area contributed by atoms with Gasteiger partial charge in [-0.05, 0) is 6.07 Å². The van der Waals surface area contributed by atoms with Crippen LogP contribution in [0.4, 0.5) is 5.69 Å². The van der Waals surface area contributed by atoms with Gasteiger partial charge in [0, 0.05) is 17.2 Å². The van der Waals surface area contributed by atoms with E-state index < -0.39 is 4.92 Å². The number of nitrogens with zero attached hydrogens (tertiary/aromatic N) is 3. The summed E-state index contributed by atoms with van der Waals surface area (Å²) in [6.45, 7) is 0.0331. The Morgan fingerprint density at radius 3 is 2.68 bits per heavy atom. The molecule has 8 heteroatoms. The van der Waals surface area contributed by atoms with Crippen molar-refractivity contribution >= 4 is 28.9 Å². The first-order valence-corrected chi connectivity index (χ1v) is 5.85. The molecule has 0 aliphatic heterocycles. The normalized spacial score (nSPS) is 10.2. The van der Waals surface area contributed by atoms with E-state index in [2.05, 4.69) is 9.97 Å². The van der Waals surface area contributed by atoms with Crippen molar-refractivity contribution in [2.24, 2.45) is 0 Å². The smallest absolute Gasteiger partial charge is 0.311 e. The molecule has 0 aliphatic carbocycles. The molecule has 98 valence electrons. The summed E-state index contributed by atoms with van der Waals surface area (Å²) in [6.07, 6.45) is 2.80. The number of aromatic nitrogens is 2. The highest BCUT2D eigenvalue weighted by Crippen LogP contribution is 2.30. The second kappa shape index (κ2) is 5.81. The third kappa shape index (κ3) is 3.52. The molecule has 0 aliphatic rings. The highest BCUT2D eigenvalue weighted by molar-refractivity contribution is 6.30. The lowest BCUT2D eigenvalue weighted by atomic mass is 10.3. The molecule has 6 nitrogen and oxygen atoms in total. The van der Waals surface area contributed by atoms with Crippen LogP contribution in [0.5, 0.6) is 5.75 Å². The van der Waals surface area contributed by atoms with Gasteiger partial charge in [0.1, 0.15) is 11.8 Å². The van der Waals surface area contributed by atoms with E-state index in [-0.39, 0.29) is 23.2 Å². The topological polar surface area (TPSA) is 78.2 Å². The molecule has 0 unspecified atom stereocenters. The molecule has 0 saturated heterocycles. The summed E-state index contributed by atoms with van der Waals surface area (Å²) in [5.41, 5.74) is 0.338. The molecule has 2 rings (SSSR count). The van der Waals surface area contributed by atoms with E-state index in [9.17, 15) is 10.1 Å². The maximum atomic E-state index is 10.8. The molecule has 2 aromatic rings. The second-order valence-electron chi connectivity index (χ2n) is 3.49. The van der Waals surface area contributed by atoms with Gasteiger partial charge in [-0.25, -0.2) is 4.98 Å². The van der Waals surface area contributed by atoms with Gasteiger partial charge in [0.05, 0.1) is 23.0 Å². The van der Waals surface area contributed by atoms with E-state index in [0.717, 1.165) is 0 Å². The number of benzene rings is 1. The number of nitro groups is 1. The molecule has 0 atom stereocenters. The fourth-order valence-electron chi connectivity index (χ4n) is 1.32. The van der Waals surface area contributed by atoms with Crippen LogP contribution in [0, 0.1) is 10.1 Å². The van der Waals surface area contributed by atoms with Gasteiger partial charge in [0.15, 0.2) is 5.75 Å². The molecule has 0 bridgehead atoms. The second-order valence-corrected chi connectivity index (χ2v) is 4.31. The Balaban J connectivity index is 2.16. The summed E-state index contributed by atoms with van der Waals surface area (Å²) in [6, 6.07) is 4.09. The Morgan fingerprint density at radius 1 is 1.26 bits per heavy atom. The van der Waals surface area contributed by atoms with Crippen molar-refractivity contribution in [1.82, 2.24) is 9.97 Å². The van der Waals surface area contributed by atoms with E-state index in [4.69, 9.17) is 27.9 Å². The molecular weight excluding hydrogens is 293 g/mol. The van der Waals surface area contributed by atoms with E-state index >= 15 is 0 Å². The van der Waals surface area contributed by atoms with Crippen LogP contribution in [0.25, 0.3) is 0 Å². The van der Waals surface area contributed by atoms with E-state index in [1.807, 2.05) is 0 Å². The van der Waals surface area contributed by atoms with Crippen LogP contribution >= 0.6 is 23.2 Å². The Labute approximate surface area is 118 Å². The number of rotatable bonds is 4. The van der Waals surface area contributed by atoms with Gasteiger partial charge in [-0.1, -0.05) is 23.2 Å². The summed E-state index contributed by atoms with van der Waals surface area (Å²) in [4.78, 5) is 18.1. The molecule has 1 heterocycles. The number of hydrogen-bond donors (Lipinski definition) is 0. The van der Waals surface area contributed by atoms with Crippen LogP contribution in [0.2, 0.25) is 10.2 Å². The van der Waals surface area contributed by atoms with Gasteiger partial charge in [0.25, 0.3) is 0 Å². The van der Waals surface area contributed by atoms with Crippen LogP contribution in [0.1, 0.15) is 5.69 Å². The maximum Gasteiger partial charge on any atom is 0.311 e. The maximum absolute atomic E-state index is 10.8. The molecule has 1 aromatic heterocycles. The molecule has 0 N–H and O–H groups in total. The SMILES string of the molecule is O=[N+]([O-])c1ccc(Cl)cc1OCc1cnc(Cl)cn1. The molecule has 0 saturated carbocycles. The van der Waals surface area contributed by atoms with E-state index in [1.54, 1.807) is 0 Å². The van der Waals surface area contributed by atoms with E-state index in [1.165, 1.54) is 30.6 Å². The molecular formula is C11H7Cl2N3O3. The summed E-state index contributed by atoms with van der Waals surface area (Å²) in [5, 5.41) is 11.4. The Hall–Kier alpha value is -1.92.